The molecule has 1 rings (SSSR count). The maximum absolute atomic E-state index is 12.3. The lowest BCUT2D eigenvalue weighted by Crippen LogP contribution is -2.05. The SMILES string of the molecule is CCCCCC(O)c1ccc(C(F)(F)F)cc1. The molecular formula is C13H17F3O. The fourth-order valence-corrected chi connectivity index (χ4v) is 1.65. The molecule has 0 aliphatic rings. The number of benzene rings is 1. The topological polar surface area (TPSA) is 20.2 Å². The predicted molar refractivity (Wildman–Crippen MR) is 60.5 cm³/mol. The average molecular weight is 246 g/mol. The highest BCUT2D eigenvalue weighted by atomic mass is 19.4. The van der Waals surface area contributed by atoms with Gasteiger partial charge in [0.25, 0.3) is 0 Å². The van der Waals surface area contributed by atoms with Crippen molar-refractivity contribution in [3.8, 4) is 0 Å². The number of aliphatic hydroxyl groups excluding tert-OH is 1. The van der Waals surface area contributed by atoms with Gasteiger partial charge in [-0.2, -0.15) is 13.2 Å². The summed E-state index contributed by atoms with van der Waals surface area (Å²) in [5.74, 6) is 0. The first-order valence-electron chi connectivity index (χ1n) is 5.80. The summed E-state index contributed by atoms with van der Waals surface area (Å²) in [5.41, 5.74) is -0.129. The fraction of sp³-hybridized carbons (Fsp3) is 0.538. The molecule has 0 amide bonds. The molecule has 0 saturated carbocycles. The summed E-state index contributed by atoms with van der Waals surface area (Å²) in [6, 6.07) is 4.72. The predicted octanol–water partition coefficient (Wildman–Crippen LogP) is 4.32. The smallest absolute Gasteiger partial charge is 0.388 e. The van der Waals surface area contributed by atoms with E-state index in [2.05, 4.69) is 6.92 Å². The number of rotatable bonds is 5. The minimum atomic E-state index is -4.31. The van der Waals surface area contributed by atoms with Gasteiger partial charge in [-0.05, 0) is 24.1 Å². The van der Waals surface area contributed by atoms with Crippen LogP contribution in [0.5, 0.6) is 0 Å². The monoisotopic (exact) mass is 246 g/mol. The van der Waals surface area contributed by atoms with Crippen molar-refractivity contribution in [3.63, 3.8) is 0 Å². The molecule has 1 N–H and O–H groups in total. The van der Waals surface area contributed by atoms with Gasteiger partial charge in [0, 0.05) is 0 Å². The lowest BCUT2D eigenvalue weighted by Gasteiger charge is -2.12. The lowest BCUT2D eigenvalue weighted by atomic mass is 10.0. The van der Waals surface area contributed by atoms with E-state index in [1.807, 2.05) is 0 Å². The van der Waals surface area contributed by atoms with Gasteiger partial charge in [0.1, 0.15) is 0 Å². The summed E-state index contributed by atoms with van der Waals surface area (Å²) in [7, 11) is 0. The Labute approximate surface area is 99.3 Å². The molecular weight excluding hydrogens is 229 g/mol. The molecule has 0 aliphatic carbocycles. The van der Waals surface area contributed by atoms with Gasteiger partial charge in [0.15, 0.2) is 0 Å². The first-order valence-corrected chi connectivity index (χ1v) is 5.80. The second-order valence-electron chi connectivity index (χ2n) is 4.13. The second-order valence-corrected chi connectivity index (χ2v) is 4.13. The number of hydrogen-bond acceptors (Lipinski definition) is 1. The maximum atomic E-state index is 12.3. The van der Waals surface area contributed by atoms with E-state index in [0.29, 0.717) is 12.0 Å². The van der Waals surface area contributed by atoms with E-state index >= 15 is 0 Å². The average Bonchev–Trinajstić information content (AvgIpc) is 2.28. The van der Waals surface area contributed by atoms with Gasteiger partial charge in [-0.15, -0.1) is 0 Å². The van der Waals surface area contributed by atoms with Gasteiger partial charge in [-0.1, -0.05) is 38.3 Å². The van der Waals surface area contributed by atoms with Crippen LogP contribution in [0.15, 0.2) is 24.3 Å². The molecule has 1 aromatic carbocycles. The van der Waals surface area contributed by atoms with Crippen LogP contribution in [0, 0.1) is 0 Å². The van der Waals surface area contributed by atoms with Crippen LogP contribution < -0.4 is 0 Å². The van der Waals surface area contributed by atoms with Gasteiger partial charge in [0.05, 0.1) is 11.7 Å². The Morgan fingerprint density at radius 3 is 2.18 bits per heavy atom. The quantitative estimate of drug-likeness (QED) is 0.767. The van der Waals surface area contributed by atoms with Crippen LogP contribution in [-0.2, 0) is 6.18 Å². The Morgan fingerprint density at radius 2 is 1.71 bits per heavy atom. The summed E-state index contributed by atoms with van der Waals surface area (Å²) >= 11 is 0. The molecule has 0 aromatic heterocycles. The molecule has 1 aromatic rings. The van der Waals surface area contributed by atoms with Crippen molar-refractivity contribution >= 4 is 0 Å². The van der Waals surface area contributed by atoms with Gasteiger partial charge in [0.2, 0.25) is 0 Å². The number of unbranched alkanes of at least 4 members (excludes halogenated alkanes) is 2. The minimum Gasteiger partial charge on any atom is -0.388 e. The molecule has 1 nitrogen and oxygen atoms in total. The van der Waals surface area contributed by atoms with Crippen LogP contribution in [-0.4, -0.2) is 5.11 Å². The summed E-state index contributed by atoms with van der Waals surface area (Å²) in [6.07, 6.45) is -1.41. The zero-order chi connectivity index (χ0) is 12.9. The van der Waals surface area contributed by atoms with Gasteiger partial charge >= 0.3 is 6.18 Å². The van der Waals surface area contributed by atoms with E-state index in [0.717, 1.165) is 31.4 Å². The highest BCUT2D eigenvalue weighted by Gasteiger charge is 2.30. The fourth-order valence-electron chi connectivity index (χ4n) is 1.65. The van der Waals surface area contributed by atoms with E-state index in [-0.39, 0.29) is 0 Å². The van der Waals surface area contributed by atoms with E-state index in [9.17, 15) is 18.3 Å². The number of alkyl halides is 3. The van der Waals surface area contributed by atoms with E-state index in [4.69, 9.17) is 0 Å². The number of aliphatic hydroxyl groups is 1. The van der Waals surface area contributed by atoms with E-state index in [1.54, 1.807) is 0 Å². The van der Waals surface area contributed by atoms with Crippen LogP contribution in [0.4, 0.5) is 13.2 Å². The summed E-state index contributed by atoms with van der Waals surface area (Å²) in [4.78, 5) is 0. The van der Waals surface area contributed by atoms with Crippen LogP contribution in [0.2, 0.25) is 0 Å². The van der Waals surface area contributed by atoms with Crippen LogP contribution in [0.1, 0.15) is 49.8 Å². The van der Waals surface area contributed by atoms with Crippen LogP contribution in [0.25, 0.3) is 0 Å². The molecule has 0 aliphatic heterocycles. The molecule has 96 valence electrons. The highest BCUT2D eigenvalue weighted by Crippen LogP contribution is 2.30. The first kappa shape index (κ1) is 14.0. The van der Waals surface area contributed by atoms with Crippen molar-refractivity contribution in [1.82, 2.24) is 0 Å². The third-order valence-corrected chi connectivity index (χ3v) is 2.70. The summed E-state index contributed by atoms with van der Waals surface area (Å²) in [6.45, 7) is 2.06. The molecule has 1 atom stereocenters. The lowest BCUT2D eigenvalue weighted by molar-refractivity contribution is -0.137. The zero-order valence-electron chi connectivity index (χ0n) is 9.80. The molecule has 0 radical (unpaired) electrons. The summed E-state index contributed by atoms with van der Waals surface area (Å²) in [5, 5.41) is 9.76. The van der Waals surface area contributed by atoms with Crippen molar-refractivity contribution in [1.29, 1.82) is 0 Å². The van der Waals surface area contributed by atoms with Gasteiger partial charge in [-0.3, -0.25) is 0 Å². The number of halogens is 3. The van der Waals surface area contributed by atoms with Crippen LogP contribution >= 0.6 is 0 Å². The molecule has 0 fully saturated rings. The second kappa shape index (κ2) is 6.05. The number of hydrogen-bond donors (Lipinski definition) is 1. The molecule has 17 heavy (non-hydrogen) atoms. The standard InChI is InChI=1S/C13H17F3O/c1-2-3-4-5-12(17)10-6-8-11(9-7-10)13(14,15)16/h6-9,12,17H,2-5H2,1H3. The van der Waals surface area contributed by atoms with E-state index in [1.165, 1.54) is 12.1 Å². The highest BCUT2D eigenvalue weighted by molar-refractivity contribution is 5.25. The van der Waals surface area contributed by atoms with Crippen LogP contribution in [0.3, 0.4) is 0 Å². The largest absolute Gasteiger partial charge is 0.416 e. The Balaban J connectivity index is 2.61. The Kier molecular flexibility index (Phi) is 5.00. The van der Waals surface area contributed by atoms with Gasteiger partial charge < -0.3 is 5.11 Å². The minimum absolute atomic E-state index is 0.550. The first-order chi connectivity index (χ1) is 7.95. The third-order valence-electron chi connectivity index (χ3n) is 2.70. The Morgan fingerprint density at radius 1 is 1.12 bits per heavy atom. The summed E-state index contributed by atoms with van der Waals surface area (Å²) < 4.78 is 36.9. The Hall–Kier alpha value is -1.03. The van der Waals surface area contributed by atoms with Gasteiger partial charge in [-0.25, -0.2) is 0 Å². The van der Waals surface area contributed by atoms with E-state index < -0.39 is 17.8 Å². The Bertz CT molecular complexity index is 330. The zero-order valence-corrected chi connectivity index (χ0v) is 9.80. The molecule has 0 spiro atoms. The molecule has 0 heterocycles. The van der Waals surface area contributed by atoms with Crippen molar-refractivity contribution in [3.05, 3.63) is 35.4 Å². The normalized spacial score (nSPS) is 13.7. The van der Waals surface area contributed by atoms with Crippen molar-refractivity contribution in [2.75, 3.05) is 0 Å². The van der Waals surface area contributed by atoms with Crippen molar-refractivity contribution < 1.29 is 18.3 Å². The maximum Gasteiger partial charge on any atom is 0.416 e. The molecule has 0 saturated heterocycles. The molecule has 1 unspecified atom stereocenters. The third kappa shape index (κ3) is 4.38. The molecule has 0 bridgehead atoms. The molecule has 4 heteroatoms. The van der Waals surface area contributed by atoms with Crippen molar-refractivity contribution in [2.45, 2.75) is 44.9 Å². The van der Waals surface area contributed by atoms with Crippen molar-refractivity contribution in [2.24, 2.45) is 0 Å².